The highest BCUT2D eigenvalue weighted by molar-refractivity contribution is 5.88. The van der Waals surface area contributed by atoms with Crippen LogP contribution in [0.25, 0.3) is 0 Å². The molecule has 10 nitrogen and oxygen atoms in total. The maximum atomic E-state index is 13.2. The van der Waals surface area contributed by atoms with Crippen molar-refractivity contribution in [3.8, 4) is 17.2 Å². The van der Waals surface area contributed by atoms with Crippen molar-refractivity contribution in [2.45, 2.75) is 39.3 Å². The van der Waals surface area contributed by atoms with Gasteiger partial charge in [-0.05, 0) is 36.6 Å². The third-order valence-corrected chi connectivity index (χ3v) is 5.16. The van der Waals surface area contributed by atoms with E-state index in [4.69, 9.17) is 14.2 Å². The molecule has 0 radical (unpaired) electrons. The number of carbonyl (C=O) groups is 2. The Balaban J connectivity index is 2.23. The molecule has 0 heterocycles. The number of nitro groups is 1. The molecule has 184 valence electrons. The normalized spacial score (nSPS) is 11.3. The molecule has 1 atom stereocenters. The molecule has 0 saturated carbocycles. The zero-order chi connectivity index (χ0) is 25.1. The Morgan fingerprint density at radius 3 is 2.29 bits per heavy atom. The molecule has 34 heavy (non-hydrogen) atoms. The number of hydrogen-bond donors (Lipinski definition) is 1. The first-order valence-electron chi connectivity index (χ1n) is 11.0. The van der Waals surface area contributed by atoms with Gasteiger partial charge in [-0.1, -0.05) is 26.0 Å². The predicted molar refractivity (Wildman–Crippen MR) is 126 cm³/mol. The monoisotopic (exact) mass is 473 g/mol. The maximum Gasteiger partial charge on any atom is 0.311 e. The van der Waals surface area contributed by atoms with Crippen LogP contribution < -0.4 is 19.5 Å². The number of nitrogens with one attached hydrogen (secondary N) is 1. The van der Waals surface area contributed by atoms with E-state index in [1.807, 2.05) is 26.0 Å². The summed E-state index contributed by atoms with van der Waals surface area (Å²) in [6.07, 6.45) is 1.20. The molecular weight excluding hydrogens is 442 g/mol. The molecule has 1 unspecified atom stereocenters. The summed E-state index contributed by atoms with van der Waals surface area (Å²) in [4.78, 5) is 38.0. The third kappa shape index (κ3) is 7.09. The number of nitro benzene ring substituents is 1. The number of methoxy groups -OCH3 is 2. The summed E-state index contributed by atoms with van der Waals surface area (Å²) < 4.78 is 15.8. The van der Waals surface area contributed by atoms with Gasteiger partial charge in [-0.2, -0.15) is 0 Å². The van der Waals surface area contributed by atoms with E-state index in [9.17, 15) is 19.7 Å². The minimum atomic E-state index is -0.684. The Labute approximate surface area is 198 Å². The standard InChI is InChI=1S/C24H31N3O7/c1-5-13-25-24(29)20(6-2)26(15-17-7-9-18(32-3)10-8-17)23(28)16-34-19-11-12-21(27(30)31)22(14-19)33-4/h7-12,14,20H,5-6,13,15-16H2,1-4H3,(H,25,29). The average molecular weight is 474 g/mol. The quantitative estimate of drug-likeness (QED) is 0.350. The predicted octanol–water partition coefficient (Wildman–Crippen LogP) is 3.32. The fourth-order valence-electron chi connectivity index (χ4n) is 3.34. The zero-order valence-electron chi connectivity index (χ0n) is 19.9. The summed E-state index contributed by atoms with van der Waals surface area (Å²) in [5.41, 5.74) is 0.619. The molecule has 0 aliphatic carbocycles. The molecule has 0 aromatic heterocycles. The molecule has 2 rings (SSSR count). The van der Waals surface area contributed by atoms with Gasteiger partial charge in [-0.3, -0.25) is 19.7 Å². The number of benzene rings is 2. The van der Waals surface area contributed by atoms with Gasteiger partial charge in [-0.25, -0.2) is 0 Å². The van der Waals surface area contributed by atoms with E-state index in [-0.39, 0.29) is 36.2 Å². The van der Waals surface area contributed by atoms with E-state index in [1.165, 1.54) is 30.2 Å². The number of carbonyl (C=O) groups excluding carboxylic acids is 2. The molecule has 2 aromatic carbocycles. The van der Waals surface area contributed by atoms with Gasteiger partial charge < -0.3 is 24.4 Å². The summed E-state index contributed by atoms with van der Waals surface area (Å²) in [7, 11) is 2.88. The summed E-state index contributed by atoms with van der Waals surface area (Å²) in [5, 5.41) is 13.9. The molecule has 0 aliphatic heterocycles. The second-order valence-electron chi connectivity index (χ2n) is 7.46. The number of nitrogens with zero attached hydrogens (tertiary/aromatic N) is 2. The highest BCUT2D eigenvalue weighted by Gasteiger charge is 2.29. The first-order chi connectivity index (χ1) is 16.3. The van der Waals surface area contributed by atoms with Crippen LogP contribution in [-0.2, 0) is 16.1 Å². The fraction of sp³-hybridized carbons (Fsp3) is 0.417. The smallest absolute Gasteiger partial charge is 0.311 e. The Morgan fingerprint density at radius 1 is 1.06 bits per heavy atom. The number of ether oxygens (including phenoxy) is 3. The SMILES string of the molecule is CCCNC(=O)C(CC)N(Cc1ccc(OC)cc1)C(=O)COc1ccc([N+](=O)[O-])c(OC)c1. The molecule has 0 fully saturated rings. The molecule has 0 bridgehead atoms. The zero-order valence-corrected chi connectivity index (χ0v) is 19.9. The lowest BCUT2D eigenvalue weighted by atomic mass is 10.1. The van der Waals surface area contributed by atoms with Crippen LogP contribution in [0.5, 0.6) is 17.2 Å². The second kappa shape index (κ2) is 13.0. The van der Waals surface area contributed by atoms with Gasteiger partial charge in [0.1, 0.15) is 17.5 Å². The van der Waals surface area contributed by atoms with Crippen molar-refractivity contribution in [2.75, 3.05) is 27.4 Å². The van der Waals surface area contributed by atoms with Crippen LogP contribution in [0.15, 0.2) is 42.5 Å². The van der Waals surface area contributed by atoms with Crippen LogP contribution in [-0.4, -0.2) is 55.1 Å². The molecule has 0 saturated heterocycles. The minimum absolute atomic E-state index is 0.0235. The molecular formula is C24H31N3O7. The molecule has 2 aromatic rings. The maximum absolute atomic E-state index is 13.2. The summed E-state index contributed by atoms with van der Waals surface area (Å²) in [5.74, 6) is 0.318. The van der Waals surface area contributed by atoms with Gasteiger partial charge in [0, 0.05) is 25.2 Å². The Kier molecular flexibility index (Phi) is 10.1. The van der Waals surface area contributed by atoms with E-state index < -0.39 is 16.9 Å². The van der Waals surface area contributed by atoms with E-state index in [0.29, 0.717) is 18.7 Å². The highest BCUT2D eigenvalue weighted by atomic mass is 16.6. The van der Waals surface area contributed by atoms with Crippen molar-refractivity contribution >= 4 is 17.5 Å². The van der Waals surface area contributed by atoms with E-state index >= 15 is 0 Å². The lowest BCUT2D eigenvalue weighted by Crippen LogP contribution is -2.50. The molecule has 2 amide bonds. The minimum Gasteiger partial charge on any atom is -0.497 e. The first kappa shape index (κ1) is 26.4. The van der Waals surface area contributed by atoms with Gasteiger partial charge in [0.2, 0.25) is 11.7 Å². The largest absolute Gasteiger partial charge is 0.497 e. The second-order valence-corrected chi connectivity index (χ2v) is 7.46. The number of amides is 2. The fourth-order valence-corrected chi connectivity index (χ4v) is 3.34. The Bertz CT molecular complexity index is 979. The van der Waals surface area contributed by atoms with Crippen molar-refractivity contribution < 1.29 is 28.7 Å². The lowest BCUT2D eigenvalue weighted by molar-refractivity contribution is -0.385. The third-order valence-electron chi connectivity index (χ3n) is 5.16. The van der Waals surface area contributed by atoms with Crippen molar-refractivity contribution in [3.63, 3.8) is 0 Å². The van der Waals surface area contributed by atoms with Crippen molar-refractivity contribution in [2.24, 2.45) is 0 Å². The van der Waals surface area contributed by atoms with Gasteiger partial charge in [0.25, 0.3) is 5.91 Å². The van der Waals surface area contributed by atoms with Crippen LogP contribution in [0.1, 0.15) is 32.3 Å². The summed E-state index contributed by atoms with van der Waals surface area (Å²) in [6, 6.07) is 10.6. The summed E-state index contributed by atoms with van der Waals surface area (Å²) >= 11 is 0. The first-order valence-corrected chi connectivity index (χ1v) is 11.0. The van der Waals surface area contributed by atoms with Crippen LogP contribution >= 0.6 is 0 Å². The van der Waals surface area contributed by atoms with Crippen molar-refractivity contribution in [1.29, 1.82) is 0 Å². The molecule has 10 heteroatoms. The van der Waals surface area contributed by atoms with Gasteiger partial charge >= 0.3 is 5.69 Å². The van der Waals surface area contributed by atoms with E-state index in [1.54, 1.807) is 19.2 Å². The van der Waals surface area contributed by atoms with Crippen molar-refractivity contribution in [1.82, 2.24) is 10.2 Å². The van der Waals surface area contributed by atoms with E-state index in [2.05, 4.69) is 5.32 Å². The number of hydrogen-bond acceptors (Lipinski definition) is 7. The highest BCUT2D eigenvalue weighted by Crippen LogP contribution is 2.30. The van der Waals surface area contributed by atoms with Gasteiger partial charge in [0.15, 0.2) is 6.61 Å². The average Bonchev–Trinajstić information content (AvgIpc) is 2.85. The van der Waals surface area contributed by atoms with Crippen LogP contribution in [0.4, 0.5) is 5.69 Å². The Morgan fingerprint density at radius 2 is 1.74 bits per heavy atom. The summed E-state index contributed by atoms with van der Waals surface area (Å²) in [6.45, 7) is 4.15. The molecule has 0 aliphatic rings. The lowest BCUT2D eigenvalue weighted by Gasteiger charge is -2.30. The molecule has 1 N–H and O–H groups in total. The molecule has 0 spiro atoms. The Hall–Kier alpha value is -3.82. The van der Waals surface area contributed by atoms with Crippen LogP contribution in [0, 0.1) is 10.1 Å². The van der Waals surface area contributed by atoms with Gasteiger partial charge in [-0.15, -0.1) is 0 Å². The van der Waals surface area contributed by atoms with Crippen LogP contribution in [0.3, 0.4) is 0 Å². The van der Waals surface area contributed by atoms with Crippen molar-refractivity contribution in [3.05, 3.63) is 58.1 Å². The van der Waals surface area contributed by atoms with Gasteiger partial charge in [0.05, 0.1) is 19.1 Å². The van der Waals surface area contributed by atoms with E-state index in [0.717, 1.165) is 12.0 Å². The topological polar surface area (TPSA) is 120 Å². The van der Waals surface area contributed by atoms with Crippen LogP contribution in [0.2, 0.25) is 0 Å². The number of rotatable bonds is 13.